The van der Waals surface area contributed by atoms with Gasteiger partial charge in [0.15, 0.2) is 0 Å². The van der Waals surface area contributed by atoms with Crippen LogP contribution in [0.25, 0.3) is 11.0 Å². The van der Waals surface area contributed by atoms with Gasteiger partial charge in [-0.15, -0.1) is 0 Å². The van der Waals surface area contributed by atoms with Gasteiger partial charge in [-0.2, -0.15) is 0 Å². The van der Waals surface area contributed by atoms with Crippen LogP contribution in [0.4, 0.5) is 0 Å². The van der Waals surface area contributed by atoms with Gasteiger partial charge in [0.05, 0.1) is 19.0 Å². The van der Waals surface area contributed by atoms with E-state index in [1.165, 1.54) is 0 Å². The lowest BCUT2D eigenvalue weighted by atomic mass is 10.3. The summed E-state index contributed by atoms with van der Waals surface area (Å²) in [5.41, 5.74) is 1.84. The second-order valence-electron chi connectivity index (χ2n) is 2.41. The van der Waals surface area contributed by atoms with Crippen LogP contribution in [0, 0.1) is 0 Å². The van der Waals surface area contributed by atoms with Crippen LogP contribution in [0.15, 0.2) is 22.9 Å². The average molecular weight is 227 g/mol. The molecule has 0 aliphatic heterocycles. The minimum Gasteiger partial charge on any atom is -0.494 e. The molecule has 1 aromatic heterocycles. The Kier molecular flexibility index (Phi) is 1.77. The molecular formula is C8H7BrN2O. The number of hydrogen-bond donors (Lipinski definition) is 1. The molecule has 0 aliphatic rings. The maximum absolute atomic E-state index is 5.15. The summed E-state index contributed by atoms with van der Waals surface area (Å²) in [6.45, 7) is 0. The number of H-pyrrole nitrogens is 1. The summed E-state index contributed by atoms with van der Waals surface area (Å²) < 4.78 is 6.14. The van der Waals surface area contributed by atoms with E-state index in [0.29, 0.717) is 0 Å². The summed E-state index contributed by atoms with van der Waals surface area (Å²) in [5.74, 6) is 0.778. The van der Waals surface area contributed by atoms with Gasteiger partial charge in [0.25, 0.3) is 0 Å². The summed E-state index contributed by atoms with van der Waals surface area (Å²) in [7, 11) is 1.63. The van der Waals surface area contributed by atoms with Crippen LogP contribution in [0.5, 0.6) is 5.75 Å². The van der Waals surface area contributed by atoms with Gasteiger partial charge in [0.1, 0.15) is 11.3 Å². The molecule has 1 aromatic carbocycles. The van der Waals surface area contributed by atoms with E-state index in [-0.39, 0.29) is 0 Å². The van der Waals surface area contributed by atoms with Crippen molar-refractivity contribution in [3.05, 3.63) is 22.9 Å². The summed E-state index contributed by atoms with van der Waals surface area (Å²) >= 11 is 3.38. The first-order chi connectivity index (χ1) is 5.81. The SMILES string of the molecule is COc1cc(Br)cc2[nH]cnc12. The van der Waals surface area contributed by atoms with E-state index >= 15 is 0 Å². The zero-order valence-electron chi connectivity index (χ0n) is 6.47. The number of ether oxygens (including phenoxy) is 1. The first kappa shape index (κ1) is 7.61. The maximum atomic E-state index is 5.15. The van der Waals surface area contributed by atoms with Crippen LogP contribution in [-0.4, -0.2) is 17.1 Å². The molecule has 1 N–H and O–H groups in total. The van der Waals surface area contributed by atoms with E-state index < -0.39 is 0 Å². The van der Waals surface area contributed by atoms with Crippen LogP contribution in [0.1, 0.15) is 0 Å². The second kappa shape index (κ2) is 2.79. The summed E-state index contributed by atoms with van der Waals surface area (Å²) in [4.78, 5) is 7.14. The van der Waals surface area contributed by atoms with Gasteiger partial charge in [0.2, 0.25) is 0 Å². The Morgan fingerprint density at radius 3 is 3.08 bits per heavy atom. The number of methoxy groups -OCH3 is 1. The van der Waals surface area contributed by atoms with Crippen molar-refractivity contribution in [2.24, 2.45) is 0 Å². The van der Waals surface area contributed by atoms with Crippen molar-refractivity contribution in [3.8, 4) is 5.75 Å². The van der Waals surface area contributed by atoms with Crippen LogP contribution < -0.4 is 4.74 Å². The third-order valence-electron chi connectivity index (χ3n) is 1.67. The molecule has 0 amide bonds. The molecule has 0 spiro atoms. The monoisotopic (exact) mass is 226 g/mol. The molecular weight excluding hydrogens is 220 g/mol. The van der Waals surface area contributed by atoms with Crippen molar-refractivity contribution < 1.29 is 4.74 Å². The number of rotatable bonds is 1. The fourth-order valence-corrected chi connectivity index (χ4v) is 1.58. The van der Waals surface area contributed by atoms with E-state index in [4.69, 9.17) is 4.74 Å². The Morgan fingerprint density at radius 2 is 2.33 bits per heavy atom. The number of halogens is 1. The van der Waals surface area contributed by atoms with E-state index in [9.17, 15) is 0 Å². The first-order valence-electron chi connectivity index (χ1n) is 3.48. The minimum atomic E-state index is 0.778. The van der Waals surface area contributed by atoms with E-state index in [1.54, 1.807) is 13.4 Å². The second-order valence-corrected chi connectivity index (χ2v) is 3.32. The maximum Gasteiger partial charge on any atom is 0.147 e. The molecule has 0 unspecified atom stereocenters. The summed E-state index contributed by atoms with van der Waals surface area (Å²) in [6, 6.07) is 3.86. The lowest BCUT2D eigenvalue weighted by Crippen LogP contribution is -1.84. The lowest BCUT2D eigenvalue weighted by Gasteiger charge is -2.00. The Labute approximate surface area is 77.9 Å². The van der Waals surface area contributed by atoms with Crippen LogP contribution in [0.2, 0.25) is 0 Å². The molecule has 0 fully saturated rings. The number of hydrogen-bond acceptors (Lipinski definition) is 2. The normalized spacial score (nSPS) is 10.5. The molecule has 0 bridgehead atoms. The van der Waals surface area contributed by atoms with Gasteiger partial charge in [0, 0.05) is 4.47 Å². The molecule has 12 heavy (non-hydrogen) atoms. The number of fused-ring (bicyclic) bond motifs is 1. The topological polar surface area (TPSA) is 37.9 Å². The third kappa shape index (κ3) is 1.08. The summed E-state index contributed by atoms with van der Waals surface area (Å²) in [6.07, 6.45) is 1.65. The van der Waals surface area contributed by atoms with Gasteiger partial charge in [-0.05, 0) is 12.1 Å². The molecule has 0 saturated carbocycles. The van der Waals surface area contributed by atoms with E-state index in [2.05, 4.69) is 25.9 Å². The largest absolute Gasteiger partial charge is 0.494 e. The van der Waals surface area contributed by atoms with Crippen molar-refractivity contribution in [2.75, 3.05) is 7.11 Å². The molecule has 0 radical (unpaired) electrons. The number of nitrogens with zero attached hydrogens (tertiary/aromatic N) is 1. The number of benzene rings is 1. The van der Waals surface area contributed by atoms with Crippen molar-refractivity contribution in [1.82, 2.24) is 9.97 Å². The smallest absolute Gasteiger partial charge is 0.147 e. The fourth-order valence-electron chi connectivity index (χ4n) is 1.14. The first-order valence-corrected chi connectivity index (χ1v) is 4.27. The molecule has 0 aliphatic carbocycles. The molecule has 4 heteroatoms. The third-order valence-corrected chi connectivity index (χ3v) is 2.13. The Morgan fingerprint density at radius 1 is 1.50 bits per heavy atom. The van der Waals surface area contributed by atoms with Crippen LogP contribution in [0.3, 0.4) is 0 Å². The predicted molar refractivity (Wildman–Crippen MR) is 50.3 cm³/mol. The molecule has 0 atom stereocenters. The summed E-state index contributed by atoms with van der Waals surface area (Å²) in [5, 5.41) is 0. The van der Waals surface area contributed by atoms with Crippen molar-refractivity contribution in [2.45, 2.75) is 0 Å². The highest BCUT2D eigenvalue weighted by Crippen LogP contribution is 2.26. The quantitative estimate of drug-likeness (QED) is 0.811. The Hall–Kier alpha value is -1.03. The van der Waals surface area contributed by atoms with Crippen LogP contribution >= 0.6 is 15.9 Å². The highest BCUT2D eigenvalue weighted by Gasteiger charge is 2.04. The molecule has 3 nitrogen and oxygen atoms in total. The number of aromatic nitrogens is 2. The van der Waals surface area contributed by atoms with Crippen molar-refractivity contribution >= 4 is 27.0 Å². The zero-order valence-corrected chi connectivity index (χ0v) is 8.05. The van der Waals surface area contributed by atoms with Gasteiger partial charge in [-0.3, -0.25) is 0 Å². The highest BCUT2D eigenvalue weighted by molar-refractivity contribution is 9.10. The van der Waals surface area contributed by atoms with Gasteiger partial charge < -0.3 is 9.72 Å². The standard InChI is InChI=1S/C8H7BrN2O/c1-12-7-3-5(9)2-6-8(7)11-4-10-6/h2-4H,1H3,(H,10,11). The van der Waals surface area contributed by atoms with Crippen LogP contribution in [-0.2, 0) is 0 Å². The van der Waals surface area contributed by atoms with E-state index in [0.717, 1.165) is 21.3 Å². The molecule has 0 saturated heterocycles. The number of nitrogens with one attached hydrogen (secondary N) is 1. The number of aromatic amines is 1. The average Bonchev–Trinajstić information content (AvgIpc) is 2.50. The van der Waals surface area contributed by atoms with Gasteiger partial charge >= 0.3 is 0 Å². The zero-order chi connectivity index (χ0) is 8.55. The lowest BCUT2D eigenvalue weighted by molar-refractivity contribution is 0.418. The number of imidazole rings is 1. The molecule has 62 valence electrons. The Bertz CT molecular complexity index is 410. The van der Waals surface area contributed by atoms with E-state index in [1.807, 2.05) is 12.1 Å². The highest BCUT2D eigenvalue weighted by atomic mass is 79.9. The fraction of sp³-hybridized carbons (Fsp3) is 0.125. The van der Waals surface area contributed by atoms with Crippen molar-refractivity contribution in [1.29, 1.82) is 0 Å². The predicted octanol–water partition coefficient (Wildman–Crippen LogP) is 2.33. The van der Waals surface area contributed by atoms with Gasteiger partial charge in [-0.1, -0.05) is 15.9 Å². The minimum absolute atomic E-state index is 0.778. The Balaban J connectivity index is 2.80. The molecule has 1 heterocycles. The van der Waals surface area contributed by atoms with Crippen molar-refractivity contribution in [3.63, 3.8) is 0 Å². The molecule has 2 aromatic rings. The van der Waals surface area contributed by atoms with Gasteiger partial charge in [-0.25, -0.2) is 4.98 Å². The molecule has 2 rings (SSSR count).